The summed E-state index contributed by atoms with van der Waals surface area (Å²) in [5.41, 5.74) is -5.19. The van der Waals surface area contributed by atoms with E-state index in [0.717, 1.165) is 6.07 Å². The molecule has 1 aromatic heterocycles. The average Bonchev–Trinajstić information content (AvgIpc) is 3.78. The highest BCUT2D eigenvalue weighted by molar-refractivity contribution is 6.22. The van der Waals surface area contributed by atoms with E-state index >= 15 is 0 Å². The molecule has 0 atom stereocenters. The SMILES string of the molecule is [2H]c1cc(-c2c([2H])c([2H])c([2H])c(-c3c4c([2H])c([2H])c([2H])c([2H])c4c(-c4c([2H])c([2H])c5c([2H])c([2H])c([2H])c([2H])c5c4[2H])c4c([2H])c([2H])c([2H])c([2H])c34)c2[2H])c2c(oc3c([2H])c4c([2H])c([2H])c([2H])c([2H])c4c([2H])c32)c1[2H]. The third-order valence-electron chi connectivity index (χ3n) is 7.78. The van der Waals surface area contributed by atoms with Crippen molar-refractivity contribution in [3.05, 3.63) is 169 Å². The number of fused-ring (bicyclic) bond motifs is 7. The van der Waals surface area contributed by atoms with Crippen LogP contribution in [0.2, 0.25) is 0 Å². The molecule has 0 fully saturated rings. The number of furan rings is 1. The molecular weight excluding hydrogens is 569 g/mol. The topological polar surface area (TPSA) is 13.1 Å². The first-order valence-corrected chi connectivity index (χ1v) is 14.0. The predicted molar refractivity (Wildman–Crippen MR) is 200 cm³/mol. The van der Waals surface area contributed by atoms with Gasteiger partial charge in [-0.15, -0.1) is 0 Å². The van der Waals surface area contributed by atoms with Crippen LogP contribution in [0.3, 0.4) is 0 Å². The Bertz CT molecular complexity index is 4310. The third kappa shape index (κ3) is 4.03. The maximum absolute atomic E-state index is 9.99. The van der Waals surface area contributed by atoms with Crippen molar-refractivity contribution < 1.29 is 41.4 Å². The summed E-state index contributed by atoms with van der Waals surface area (Å²) in [4.78, 5) is 0. The zero-order valence-corrected chi connectivity index (χ0v) is 23.5. The van der Waals surface area contributed by atoms with E-state index in [2.05, 4.69) is 0 Å². The zero-order chi connectivity index (χ0) is 54.4. The van der Waals surface area contributed by atoms with Crippen molar-refractivity contribution in [1.29, 1.82) is 0 Å². The molecule has 0 aliphatic carbocycles. The Kier molecular flexibility index (Phi) is 2.37. The first kappa shape index (κ1) is 11.0. The Morgan fingerprint density at radius 2 is 0.915 bits per heavy atom. The summed E-state index contributed by atoms with van der Waals surface area (Å²) in [5, 5.41) is -5.74. The van der Waals surface area contributed by atoms with Crippen molar-refractivity contribution in [2.24, 2.45) is 0 Å². The van der Waals surface area contributed by atoms with E-state index in [-0.39, 0.29) is 10.8 Å². The highest BCUT2D eigenvalue weighted by Gasteiger charge is 2.18. The molecule has 10 aromatic rings. The van der Waals surface area contributed by atoms with Gasteiger partial charge in [-0.25, -0.2) is 0 Å². The molecule has 0 N–H and O–H groups in total. The summed E-state index contributed by atoms with van der Waals surface area (Å²) in [7, 11) is 0. The minimum absolute atomic E-state index is 0.362. The number of hydrogen-bond acceptors (Lipinski definition) is 1. The predicted octanol–water partition coefficient (Wildman–Crippen LogP) is 13.2. The van der Waals surface area contributed by atoms with Crippen molar-refractivity contribution >= 4 is 65.0 Å². The van der Waals surface area contributed by atoms with Crippen LogP contribution in [0.25, 0.3) is 98.4 Å². The van der Waals surface area contributed by atoms with Gasteiger partial charge in [-0.2, -0.15) is 0 Å². The summed E-state index contributed by atoms with van der Waals surface area (Å²) in [6.45, 7) is 0. The van der Waals surface area contributed by atoms with Crippen LogP contribution >= 0.6 is 0 Å². The summed E-state index contributed by atoms with van der Waals surface area (Å²) in [6, 6.07) is -22.5. The van der Waals surface area contributed by atoms with Crippen LogP contribution in [0, 0.1) is 0 Å². The fourth-order valence-corrected chi connectivity index (χ4v) is 5.80. The Labute approximate surface area is 309 Å². The van der Waals surface area contributed by atoms with Crippen LogP contribution in [-0.2, 0) is 0 Å². The first-order valence-electron chi connectivity index (χ1n) is 27.5. The van der Waals surface area contributed by atoms with Gasteiger partial charge in [0.25, 0.3) is 0 Å². The van der Waals surface area contributed by atoms with Crippen molar-refractivity contribution in [3.8, 4) is 33.4 Å². The molecule has 1 heteroatoms. The molecule has 0 amide bonds. The van der Waals surface area contributed by atoms with E-state index in [1.54, 1.807) is 0 Å². The molecular formula is C46H28O. The zero-order valence-electron chi connectivity index (χ0n) is 50.5. The van der Waals surface area contributed by atoms with Gasteiger partial charge in [-0.05, 0) is 107 Å². The smallest absolute Gasteiger partial charge is 0.136 e. The molecule has 0 radical (unpaired) electrons. The second-order valence-electron chi connectivity index (χ2n) is 10.3. The van der Waals surface area contributed by atoms with Gasteiger partial charge in [0.2, 0.25) is 0 Å². The third-order valence-corrected chi connectivity index (χ3v) is 7.78. The lowest BCUT2D eigenvalue weighted by molar-refractivity contribution is 0.669. The Balaban J connectivity index is 1.48. The number of rotatable bonds is 3. The second kappa shape index (κ2) is 10.2. The molecule has 0 saturated heterocycles. The van der Waals surface area contributed by atoms with Crippen LogP contribution in [0.1, 0.15) is 37.0 Å². The lowest BCUT2D eigenvalue weighted by atomic mass is 9.85. The highest BCUT2D eigenvalue weighted by Crippen LogP contribution is 2.45. The summed E-state index contributed by atoms with van der Waals surface area (Å²) in [5.74, 6) is 0. The molecule has 9 aromatic carbocycles. The lowest BCUT2D eigenvalue weighted by Crippen LogP contribution is -1.91. The van der Waals surface area contributed by atoms with E-state index in [0.29, 0.717) is 0 Å². The Morgan fingerprint density at radius 1 is 0.362 bits per heavy atom. The fraction of sp³-hybridized carbons (Fsp3) is 0. The molecule has 1 heterocycles. The van der Waals surface area contributed by atoms with E-state index in [1.165, 1.54) is 0 Å². The molecule has 0 spiro atoms. The van der Waals surface area contributed by atoms with Gasteiger partial charge >= 0.3 is 0 Å². The maximum Gasteiger partial charge on any atom is 0.136 e. The maximum atomic E-state index is 9.99. The second-order valence-corrected chi connectivity index (χ2v) is 10.3. The van der Waals surface area contributed by atoms with Crippen molar-refractivity contribution in [2.45, 2.75) is 0 Å². The van der Waals surface area contributed by atoms with E-state index in [1.807, 2.05) is 0 Å². The average molecular weight is 624 g/mol. The summed E-state index contributed by atoms with van der Waals surface area (Å²) < 4.78 is 249. The minimum Gasteiger partial charge on any atom is -0.456 e. The standard InChI is InChI=1S/C46H28O/c1-2-12-30-25-35(24-23-29(30)11-1)45-39-19-7-5-17-37(39)44(38-18-6-8-20-40(38)45)34-16-9-15-33(26-34)36-21-10-22-42-46(36)41-27-31-13-3-4-14-32(31)28-43(41)47-42/h1-28H/i1D,2D,3D,4D,5D,6D,7D,8D,9D,10D,11D,12D,13D,14D,15D,16D,17D,18D,19D,20D,22D,23D,24D,25D,26D,27D,28D. The van der Waals surface area contributed by atoms with Gasteiger partial charge in [-0.3, -0.25) is 0 Å². The van der Waals surface area contributed by atoms with E-state index in [9.17, 15) is 15.1 Å². The molecule has 218 valence electrons. The molecule has 0 bridgehead atoms. The molecule has 10 rings (SSSR count). The Hall–Kier alpha value is -6.18. The first-order chi connectivity index (χ1) is 34.6. The molecule has 0 aliphatic heterocycles. The number of benzene rings is 9. The van der Waals surface area contributed by atoms with Gasteiger partial charge in [0.15, 0.2) is 0 Å². The van der Waals surface area contributed by atoms with Crippen molar-refractivity contribution in [3.63, 3.8) is 0 Å². The van der Waals surface area contributed by atoms with Gasteiger partial charge in [-0.1, -0.05) is 139 Å². The van der Waals surface area contributed by atoms with Gasteiger partial charge in [0.05, 0.1) is 37.0 Å². The van der Waals surface area contributed by atoms with Gasteiger partial charge in [0.1, 0.15) is 11.2 Å². The van der Waals surface area contributed by atoms with Crippen LogP contribution in [0.4, 0.5) is 0 Å². The monoisotopic (exact) mass is 623 g/mol. The van der Waals surface area contributed by atoms with E-state index < -0.39 is 251 Å². The molecule has 1 nitrogen and oxygen atoms in total. The fourth-order valence-electron chi connectivity index (χ4n) is 5.80. The van der Waals surface area contributed by atoms with Gasteiger partial charge < -0.3 is 4.42 Å². The number of hydrogen-bond donors (Lipinski definition) is 0. The highest BCUT2D eigenvalue weighted by atomic mass is 16.3. The molecule has 47 heavy (non-hydrogen) atoms. The summed E-state index contributed by atoms with van der Waals surface area (Å²) in [6.07, 6.45) is 0. The van der Waals surface area contributed by atoms with Crippen LogP contribution < -0.4 is 0 Å². The normalized spacial score (nSPS) is 19.9. The van der Waals surface area contributed by atoms with Crippen LogP contribution in [-0.4, -0.2) is 0 Å². The molecule has 0 saturated carbocycles. The molecule has 0 aliphatic rings. The van der Waals surface area contributed by atoms with Crippen molar-refractivity contribution in [2.75, 3.05) is 0 Å². The quantitative estimate of drug-likeness (QED) is 0.178. The molecule has 0 unspecified atom stereocenters. The Morgan fingerprint density at radius 3 is 1.60 bits per heavy atom. The minimum atomic E-state index is -1.02. The van der Waals surface area contributed by atoms with Crippen LogP contribution in [0.5, 0.6) is 0 Å². The largest absolute Gasteiger partial charge is 0.456 e. The van der Waals surface area contributed by atoms with Gasteiger partial charge in [0, 0.05) is 10.8 Å². The lowest BCUT2D eigenvalue weighted by Gasteiger charge is -2.18. The van der Waals surface area contributed by atoms with E-state index in [4.69, 9.17) is 26.3 Å². The van der Waals surface area contributed by atoms with Crippen molar-refractivity contribution in [1.82, 2.24) is 0 Å². The summed E-state index contributed by atoms with van der Waals surface area (Å²) >= 11 is 0. The van der Waals surface area contributed by atoms with Crippen LogP contribution in [0.15, 0.2) is 174 Å².